The SMILES string of the molecule is CCOC(=O)c1sc(NC(=O)CCc2ccc(Cl)cc2)c(C(=O)OCC)c1C. The third-order valence-electron chi connectivity index (χ3n) is 3.89. The standard InChI is InChI=1S/C20H22ClNO5S/c1-4-26-19(24)16-12(3)17(20(25)27-5-2)28-18(16)22-15(23)11-8-13-6-9-14(21)10-7-13/h6-7,9-10H,4-5,8,11H2,1-3H3,(H,22,23). The van der Waals surface area contributed by atoms with Crippen LogP contribution in [0.25, 0.3) is 0 Å². The van der Waals surface area contributed by atoms with Crippen molar-refractivity contribution in [3.8, 4) is 0 Å². The summed E-state index contributed by atoms with van der Waals surface area (Å²) in [6.07, 6.45) is 0.739. The average molecular weight is 424 g/mol. The zero-order valence-electron chi connectivity index (χ0n) is 16.0. The normalized spacial score (nSPS) is 10.4. The Morgan fingerprint density at radius 2 is 1.64 bits per heavy atom. The molecule has 0 spiro atoms. The Morgan fingerprint density at radius 1 is 1.04 bits per heavy atom. The number of thiophene rings is 1. The molecule has 0 aliphatic carbocycles. The van der Waals surface area contributed by atoms with Crippen molar-refractivity contribution in [2.24, 2.45) is 0 Å². The molecule has 2 rings (SSSR count). The number of hydrogen-bond donors (Lipinski definition) is 1. The summed E-state index contributed by atoms with van der Waals surface area (Å²) in [5.74, 6) is -1.38. The van der Waals surface area contributed by atoms with Crippen molar-refractivity contribution in [1.82, 2.24) is 0 Å². The highest BCUT2D eigenvalue weighted by Gasteiger charge is 2.27. The Hall–Kier alpha value is -2.38. The number of hydrogen-bond acceptors (Lipinski definition) is 6. The molecule has 8 heteroatoms. The topological polar surface area (TPSA) is 81.7 Å². The van der Waals surface area contributed by atoms with Crippen molar-refractivity contribution >= 4 is 45.8 Å². The van der Waals surface area contributed by atoms with Crippen molar-refractivity contribution in [3.63, 3.8) is 0 Å². The smallest absolute Gasteiger partial charge is 0.348 e. The lowest BCUT2D eigenvalue weighted by molar-refractivity contribution is -0.116. The van der Waals surface area contributed by atoms with Gasteiger partial charge in [-0.05, 0) is 50.5 Å². The number of carbonyl (C=O) groups is 3. The van der Waals surface area contributed by atoms with Gasteiger partial charge in [0, 0.05) is 11.4 Å². The lowest BCUT2D eigenvalue weighted by Crippen LogP contribution is -2.15. The summed E-state index contributed by atoms with van der Waals surface area (Å²) >= 11 is 6.88. The number of ether oxygens (including phenoxy) is 2. The minimum absolute atomic E-state index is 0.187. The lowest BCUT2D eigenvalue weighted by atomic mass is 10.1. The minimum atomic E-state index is -0.584. The van der Waals surface area contributed by atoms with Gasteiger partial charge in [0.15, 0.2) is 0 Å². The second-order valence-electron chi connectivity index (χ2n) is 5.88. The predicted molar refractivity (Wildman–Crippen MR) is 109 cm³/mol. The largest absolute Gasteiger partial charge is 0.462 e. The fraction of sp³-hybridized carbons (Fsp3) is 0.350. The van der Waals surface area contributed by atoms with Crippen molar-refractivity contribution in [3.05, 3.63) is 50.9 Å². The number of benzene rings is 1. The molecule has 1 aromatic carbocycles. The van der Waals surface area contributed by atoms with Gasteiger partial charge in [-0.3, -0.25) is 4.79 Å². The first-order valence-corrected chi connectivity index (χ1v) is 10.1. The van der Waals surface area contributed by atoms with Crippen LogP contribution in [-0.4, -0.2) is 31.1 Å². The highest BCUT2D eigenvalue weighted by Crippen LogP contribution is 2.34. The van der Waals surface area contributed by atoms with E-state index in [0.717, 1.165) is 16.9 Å². The van der Waals surface area contributed by atoms with Gasteiger partial charge in [0.2, 0.25) is 5.91 Å². The molecule has 0 saturated heterocycles. The summed E-state index contributed by atoms with van der Waals surface area (Å²) in [4.78, 5) is 37.2. The van der Waals surface area contributed by atoms with Gasteiger partial charge in [0.25, 0.3) is 0 Å². The molecule has 1 amide bonds. The molecular weight excluding hydrogens is 402 g/mol. The molecule has 1 N–H and O–H groups in total. The molecule has 150 valence electrons. The molecule has 0 fully saturated rings. The van der Waals surface area contributed by atoms with E-state index in [-0.39, 0.29) is 36.0 Å². The molecule has 0 aliphatic heterocycles. The van der Waals surface area contributed by atoms with Crippen molar-refractivity contribution in [2.75, 3.05) is 18.5 Å². The van der Waals surface area contributed by atoms with Crippen molar-refractivity contribution in [1.29, 1.82) is 0 Å². The van der Waals surface area contributed by atoms with E-state index in [4.69, 9.17) is 21.1 Å². The van der Waals surface area contributed by atoms with Crippen LogP contribution >= 0.6 is 22.9 Å². The number of esters is 2. The van der Waals surface area contributed by atoms with Gasteiger partial charge < -0.3 is 14.8 Å². The number of anilines is 1. The third-order valence-corrected chi connectivity index (χ3v) is 5.33. The van der Waals surface area contributed by atoms with Gasteiger partial charge in [-0.15, -0.1) is 11.3 Å². The summed E-state index contributed by atoms with van der Waals surface area (Å²) in [5.41, 5.74) is 1.60. The van der Waals surface area contributed by atoms with Gasteiger partial charge >= 0.3 is 11.9 Å². The summed E-state index contributed by atoms with van der Waals surface area (Å²) < 4.78 is 10.1. The van der Waals surface area contributed by atoms with Gasteiger partial charge in [0.1, 0.15) is 9.88 Å². The Balaban J connectivity index is 2.18. The Bertz CT molecular complexity index is 860. The van der Waals surface area contributed by atoms with E-state index in [1.807, 2.05) is 12.1 Å². The number of halogens is 1. The first-order valence-electron chi connectivity index (χ1n) is 8.89. The maximum atomic E-state index is 12.4. The van der Waals surface area contributed by atoms with E-state index in [0.29, 0.717) is 22.0 Å². The van der Waals surface area contributed by atoms with Crippen LogP contribution in [0.15, 0.2) is 24.3 Å². The summed E-state index contributed by atoms with van der Waals surface area (Å²) in [6, 6.07) is 7.24. The number of aryl methyl sites for hydroxylation is 1. The van der Waals surface area contributed by atoms with E-state index < -0.39 is 11.9 Å². The molecule has 1 aromatic heterocycles. The second-order valence-corrected chi connectivity index (χ2v) is 7.33. The lowest BCUT2D eigenvalue weighted by Gasteiger charge is -2.07. The number of carbonyl (C=O) groups excluding carboxylic acids is 3. The van der Waals surface area contributed by atoms with E-state index in [1.165, 1.54) is 0 Å². The van der Waals surface area contributed by atoms with Crippen LogP contribution in [0.1, 0.15) is 51.4 Å². The second kappa shape index (κ2) is 10.2. The molecule has 6 nitrogen and oxygen atoms in total. The molecule has 0 aliphatic rings. The van der Waals surface area contributed by atoms with Crippen LogP contribution in [0.4, 0.5) is 5.00 Å². The van der Waals surface area contributed by atoms with Crippen LogP contribution in [0.3, 0.4) is 0 Å². The molecule has 1 heterocycles. The maximum Gasteiger partial charge on any atom is 0.348 e. The fourth-order valence-corrected chi connectivity index (χ4v) is 3.77. The molecule has 0 radical (unpaired) electrons. The Kier molecular flexibility index (Phi) is 8.02. The summed E-state index contributed by atoms with van der Waals surface area (Å²) in [6.45, 7) is 5.43. The van der Waals surface area contributed by atoms with Gasteiger partial charge in [-0.2, -0.15) is 0 Å². The summed E-state index contributed by atoms with van der Waals surface area (Å²) in [7, 11) is 0. The number of amides is 1. The molecule has 0 saturated carbocycles. The Labute approximate surface area is 172 Å². The molecular formula is C20H22ClNO5S. The quantitative estimate of drug-likeness (QED) is 0.625. The number of nitrogens with one attached hydrogen (secondary N) is 1. The van der Waals surface area contributed by atoms with Crippen LogP contribution in [0, 0.1) is 6.92 Å². The van der Waals surface area contributed by atoms with Crippen LogP contribution in [-0.2, 0) is 20.7 Å². The molecule has 2 aromatic rings. The summed E-state index contributed by atoms with van der Waals surface area (Å²) in [5, 5.41) is 3.66. The predicted octanol–water partition coefficient (Wildman–Crippen LogP) is 4.63. The van der Waals surface area contributed by atoms with Gasteiger partial charge in [-0.25, -0.2) is 9.59 Å². The van der Waals surface area contributed by atoms with Crippen molar-refractivity contribution in [2.45, 2.75) is 33.6 Å². The molecule has 0 unspecified atom stereocenters. The van der Waals surface area contributed by atoms with E-state index in [1.54, 1.807) is 32.9 Å². The first-order chi connectivity index (χ1) is 13.4. The maximum absolute atomic E-state index is 12.4. The highest BCUT2D eigenvalue weighted by molar-refractivity contribution is 7.18. The van der Waals surface area contributed by atoms with Gasteiger partial charge in [-0.1, -0.05) is 23.7 Å². The minimum Gasteiger partial charge on any atom is -0.462 e. The first kappa shape index (κ1) is 21.9. The number of rotatable bonds is 8. The van der Waals surface area contributed by atoms with E-state index in [2.05, 4.69) is 5.32 Å². The average Bonchev–Trinajstić information content (AvgIpc) is 2.97. The zero-order valence-corrected chi connectivity index (χ0v) is 17.5. The molecule has 0 atom stereocenters. The Morgan fingerprint density at radius 3 is 2.25 bits per heavy atom. The van der Waals surface area contributed by atoms with Crippen LogP contribution < -0.4 is 5.32 Å². The fourth-order valence-electron chi connectivity index (χ4n) is 2.54. The zero-order chi connectivity index (χ0) is 20.7. The van der Waals surface area contributed by atoms with E-state index in [9.17, 15) is 14.4 Å². The monoisotopic (exact) mass is 423 g/mol. The third kappa shape index (κ3) is 5.56. The van der Waals surface area contributed by atoms with E-state index >= 15 is 0 Å². The van der Waals surface area contributed by atoms with Gasteiger partial charge in [0.05, 0.1) is 18.8 Å². The van der Waals surface area contributed by atoms with Crippen LogP contribution in [0.2, 0.25) is 5.02 Å². The molecule has 28 heavy (non-hydrogen) atoms. The van der Waals surface area contributed by atoms with Crippen molar-refractivity contribution < 1.29 is 23.9 Å². The van der Waals surface area contributed by atoms with Crippen LogP contribution in [0.5, 0.6) is 0 Å². The molecule has 0 bridgehead atoms. The highest BCUT2D eigenvalue weighted by atomic mass is 35.5.